The van der Waals surface area contributed by atoms with Crippen LogP contribution < -0.4 is 5.73 Å². The molecular weight excluding hydrogens is 162 g/mol. The van der Waals surface area contributed by atoms with Crippen molar-refractivity contribution in [3.63, 3.8) is 0 Å². The van der Waals surface area contributed by atoms with Crippen LogP contribution in [0.4, 0.5) is 0 Å². The molecule has 2 N–H and O–H groups in total. The maximum Gasteiger partial charge on any atom is 0.0105 e. The zero-order valence-corrected chi connectivity index (χ0v) is 9.00. The molecule has 0 spiro atoms. The van der Waals surface area contributed by atoms with Crippen molar-refractivity contribution in [1.82, 2.24) is 9.80 Å². The monoisotopic (exact) mass is 185 g/mol. The van der Waals surface area contributed by atoms with Gasteiger partial charge >= 0.3 is 0 Å². The predicted molar refractivity (Wildman–Crippen MR) is 56.8 cm³/mol. The van der Waals surface area contributed by atoms with Crippen LogP contribution in [0.25, 0.3) is 0 Å². The second kappa shape index (κ2) is 5.58. The van der Waals surface area contributed by atoms with Crippen molar-refractivity contribution in [3.8, 4) is 0 Å². The normalized spacial score (nSPS) is 19.4. The van der Waals surface area contributed by atoms with E-state index >= 15 is 0 Å². The minimum atomic E-state index is 0.803. The molecule has 1 fully saturated rings. The first kappa shape index (κ1) is 11.0. The quantitative estimate of drug-likeness (QED) is 0.642. The fourth-order valence-corrected chi connectivity index (χ4v) is 2.07. The Labute approximate surface area is 81.9 Å². The van der Waals surface area contributed by atoms with Gasteiger partial charge < -0.3 is 15.5 Å². The fourth-order valence-electron chi connectivity index (χ4n) is 2.07. The van der Waals surface area contributed by atoms with Gasteiger partial charge in [0.05, 0.1) is 0 Å². The summed E-state index contributed by atoms with van der Waals surface area (Å²) in [6, 6.07) is 0. The average Bonchev–Trinajstić information content (AvgIpc) is 2.01. The van der Waals surface area contributed by atoms with Crippen LogP contribution in [-0.4, -0.2) is 56.1 Å². The molecule has 0 unspecified atom stereocenters. The molecule has 78 valence electrons. The van der Waals surface area contributed by atoms with E-state index in [1.54, 1.807) is 0 Å². The van der Waals surface area contributed by atoms with E-state index in [1.807, 2.05) is 0 Å². The van der Waals surface area contributed by atoms with Crippen LogP contribution in [0.1, 0.15) is 13.3 Å². The maximum absolute atomic E-state index is 5.48. The van der Waals surface area contributed by atoms with E-state index in [4.69, 9.17) is 5.73 Å². The molecule has 0 aromatic carbocycles. The molecule has 0 amide bonds. The summed E-state index contributed by atoms with van der Waals surface area (Å²) in [6.07, 6.45) is 1.26. The summed E-state index contributed by atoms with van der Waals surface area (Å²) >= 11 is 0. The molecule has 13 heavy (non-hydrogen) atoms. The molecule has 1 aliphatic rings. The van der Waals surface area contributed by atoms with E-state index in [-0.39, 0.29) is 0 Å². The Hall–Kier alpha value is -0.120. The minimum Gasteiger partial charge on any atom is -0.329 e. The van der Waals surface area contributed by atoms with Gasteiger partial charge in [0.2, 0.25) is 0 Å². The molecule has 3 heteroatoms. The van der Waals surface area contributed by atoms with Crippen LogP contribution in [0, 0.1) is 5.92 Å². The summed E-state index contributed by atoms with van der Waals surface area (Å²) in [5.74, 6) is 0.892. The van der Waals surface area contributed by atoms with Gasteiger partial charge in [0.25, 0.3) is 0 Å². The Morgan fingerprint density at radius 3 is 2.69 bits per heavy atom. The SMILES string of the molecule is CCCN(C)CC1CN(CCN)C1. The number of nitrogens with two attached hydrogens (primary N) is 1. The van der Waals surface area contributed by atoms with Crippen LogP contribution in [-0.2, 0) is 0 Å². The highest BCUT2D eigenvalue weighted by atomic mass is 15.2. The Bertz CT molecular complexity index is 132. The average molecular weight is 185 g/mol. The summed E-state index contributed by atoms with van der Waals surface area (Å²) in [6.45, 7) is 9.11. The first-order valence-corrected chi connectivity index (χ1v) is 5.37. The lowest BCUT2D eigenvalue weighted by atomic mass is 10.00. The highest BCUT2D eigenvalue weighted by Gasteiger charge is 2.26. The van der Waals surface area contributed by atoms with Gasteiger partial charge in [0, 0.05) is 32.7 Å². The molecule has 0 radical (unpaired) electrons. The van der Waals surface area contributed by atoms with Crippen LogP contribution in [0.15, 0.2) is 0 Å². The van der Waals surface area contributed by atoms with Crippen molar-refractivity contribution < 1.29 is 0 Å². The standard InChI is InChI=1S/C10H23N3/c1-3-5-12(2)7-10-8-13(9-10)6-4-11/h10H,3-9,11H2,1-2H3. The van der Waals surface area contributed by atoms with Crippen molar-refractivity contribution in [2.75, 3.05) is 46.3 Å². The van der Waals surface area contributed by atoms with E-state index in [0.29, 0.717) is 0 Å². The van der Waals surface area contributed by atoms with Crippen molar-refractivity contribution in [2.45, 2.75) is 13.3 Å². The fraction of sp³-hybridized carbons (Fsp3) is 1.00. The van der Waals surface area contributed by atoms with Crippen LogP contribution in [0.3, 0.4) is 0 Å². The van der Waals surface area contributed by atoms with Crippen molar-refractivity contribution >= 4 is 0 Å². The number of nitrogens with zero attached hydrogens (tertiary/aromatic N) is 2. The van der Waals surface area contributed by atoms with Crippen LogP contribution in [0.2, 0.25) is 0 Å². The lowest BCUT2D eigenvalue weighted by Crippen LogP contribution is -2.52. The van der Waals surface area contributed by atoms with Gasteiger partial charge in [0.15, 0.2) is 0 Å². The highest BCUT2D eigenvalue weighted by Crippen LogP contribution is 2.15. The summed E-state index contributed by atoms with van der Waals surface area (Å²) < 4.78 is 0. The third-order valence-electron chi connectivity index (χ3n) is 2.65. The second-order valence-electron chi connectivity index (χ2n) is 4.18. The van der Waals surface area contributed by atoms with E-state index < -0.39 is 0 Å². The Morgan fingerprint density at radius 2 is 2.15 bits per heavy atom. The third-order valence-corrected chi connectivity index (χ3v) is 2.65. The molecule has 0 atom stereocenters. The van der Waals surface area contributed by atoms with Gasteiger partial charge in [-0.3, -0.25) is 0 Å². The Kier molecular flexibility index (Phi) is 4.70. The molecule has 0 aromatic heterocycles. The molecule has 1 saturated heterocycles. The molecule has 1 heterocycles. The number of hydrogen-bond acceptors (Lipinski definition) is 3. The van der Waals surface area contributed by atoms with Crippen LogP contribution >= 0.6 is 0 Å². The molecule has 1 aliphatic heterocycles. The largest absolute Gasteiger partial charge is 0.329 e. The molecule has 0 aliphatic carbocycles. The molecule has 0 saturated carbocycles. The number of hydrogen-bond donors (Lipinski definition) is 1. The lowest BCUT2D eigenvalue weighted by molar-refractivity contribution is 0.0775. The molecular formula is C10H23N3. The van der Waals surface area contributed by atoms with Crippen LogP contribution in [0.5, 0.6) is 0 Å². The van der Waals surface area contributed by atoms with Gasteiger partial charge in [-0.1, -0.05) is 6.92 Å². The summed E-state index contributed by atoms with van der Waals surface area (Å²) in [4.78, 5) is 4.87. The van der Waals surface area contributed by atoms with E-state index in [1.165, 1.54) is 32.6 Å². The lowest BCUT2D eigenvalue weighted by Gasteiger charge is -2.40. The first-order chi connectivity index (χ1) is 6.26. The summed E-state index contributed by atoms with van der Waals surface area (Å²) in [7, 11) is 2.22. The molecule has 1 rings (SSSR count). The summed E-state index contributed by atoms with van der Waals surface area (Å²) in [5.41, 5.74) is 5.48. The van der Waals surface area contributed by atoms with Gasteiger partial charge in [0.1, 0.15) is 0 Å². The number of likely N-dealkylation sites (tertiary alicyclic amines) is 1. The second-order valence-corrected chi connectivity index (χ2v) is 4.18. The smallest absolute Gasteiger partial charge is 0.0105 e. The van der Waals surface area contributed by atoms with Crippen molar-refractivity contribution in [1.29, 1.82) is 0 Å². The summed E-state index contributed by atoms with van der Waals surface area (Å²) in [5, 5.41) is 0. The Balaban J connectivity index is 2.00. The Morgan fingerprint density at radius 1 is 1.46 bits per heavy atom. The molecule has 0 aromatic rings. The first-order valence-electron chi connectivity index (χ1n) is 5.37. The topological polar surface area (TPSA) is 32.5 Å². The maximum atomic E-state index is 5.48. The van der Waals surface area contributed by atoms with E-state index in [9.17, 15) is 0 Å². The third kappa shape index (κ3) is 3.63. The van der Waals surface area contributed by atoms with Crippen molar-refractivity contribution in [3.05, 3.63) is 0 Å². The zero-order chi connectivity index (χ0) is 9.68. The predicted octanol–water partition coefficient (Wildman–Crippen LogP) is 0.219. The van der Waals surface area contributed by atoms with Crippen molar-refractivity contribution in [2.24, 2.45) is 11.7 Å². The van der Waals surface area contributed by atoms with Gasteiger partial charge in [-0.2, -0.15) is 0 Å². The van der Waals surface area contributed by atoms with Gasteiger partial charge in [-0.05, 0) is 25.9 Å². The number of rotatable bonds is 6. The highest BCUT2D eigenvalue weighted by molar-refractivity contribution is 4.81. The van der Waals surface area contributed by atoms with Gasteiger partial charge in [-0.15, -0.1) is 0 Å². The molecule has 0 bridgehead atoms. The van der Waals surface area contributed by atoms with E-state index in [0.717, 1.165) is 19.0 Å². The van der Waals surface area contributed by atoms with E-state index in [2.05, 4.69) is 23.8 Å². The minimum absolute atomic E-state index is 0.803. The molecule has 3 nitrogen and oxygen atoms in total. The zero-order valence-electron chi connectivity index (χ0n) is 9.00. The van der Waals surface area contributed by atoms with Gasteiger partial charge in [-0.25, -0.2) is 0 Å².